The van der Waals surface area contributed by atoms with Gasteiger partial charge in [0.2, 0.25) is 0 Å². The SMILES string of the molecule is COC(=O)C1=C(C)NC(C)=C(C(=O)OC)C1c1cnc[nH]1. The Labute approximate surface area is 122 Å². The highest BCUT2D eigenvalue weighted by Gasteiger charge is 2.38. The lowest BCUT2D eigenvalue weighted by atomic mass is 9.83. The smallest absolute Gasteiger partial charge is 0.336 e. The summed E-state index contributed by atoms with van der Waals surface area (Å²) in [6.07, 6.45) is 3.06. The first-order valence-corrected chi connectivity index (χ1v) is 6.34. The number of aromatic amines is 1. The third-order valence-electron chi connectivity index (χ3n) is 3.40. The molecule has 1 aliphatic heterocycles. The highest BCUT2D eigenvalue weighted by atomic mass is 16.5. The van der Waals surface area contributed by atoms with Gasteiger partial charge in [0.25, 0.3) is 0 Å². The molecule has 0 radical (unpaired) electrons. The van der Waals surface area contributed by atoms with Gasteiger partial charge in [-0.1, -0.05) is 0 Å². The summed E-state index contributed by atoms with van der Waals surface area (Å²) in [6.45, 7) is 3.51. The van der Waals surface area contributed by atoms with Crippen LogP contribution in [0.5, 0.6) is 0 Å². The number of hydrogen-bond donors (Lipinski definition) is 2. The van der Waals surface area contributed by atoms with Crippen molar-refractivity contribution < 1.29 is 19.1 Å². The van der Waals surface area contributed by atoms with Crippen LogP contribution in [0.2, 0.25) is 0 Å². The predicted octanol–water partition coefficient (Wildman–Crippen LogP) is 0.990. The summed E-state index contributed by atoms with van der Waals surface area (Å²) >= 11 is 0. The van der Waals surface area contributed by atoms with Crippen molar-refractivity contribution >= 4 is 11.9 Å². The molecule has 0 aliphatic carbocycles. The minimum atomic E-state index is -0.603. The van der Waals surface area contributed by atoms with Gasteiger partial charge >= 0.3 is 11.9 Å². The number of methoxy groups -OCH3 is 2. The van der Waals surface area contributed by atoms with Gasteiger partial charge in [-0.25, -0.2) is 14.6 Å². The summed E-state index contributed by atoms with van der Waals surface area (Å²) in [7, 11) is 2.60. The Morgan fingerprint density at radius 2 is 1.62 bits per heavy atom. The van der Waals surface area contributed by atoms with E-state index in [2.05, 4.69) is 15.3 Å². The Bertz CT molecular complexity index is 591. The molecule has 2 heterocycles. The second-order valence-corrected chi connectivity index (χ2v) is 4.63. The highest BCUT2D eigenvalue weighted by Crippen LogP contribution is 2.37. The second kappa shape index (κ2) is 5.82. The van der Waals surface area contributed by atoms with Crippen LogP contribution >= 0.6 is 0 Å². The Hall–Kier alpha value is -2.57. The van der Waals surface area contributed by atoms with Gasteiger partial charge in [-0.2, -0.15) is 0 Å². The number of H-pyrrole nitrogens is 1. The summed E-state index contributed by atoms with van der Waals surface area (Å²) in [5.41, 5.74) is 2.59. The van der Waals surface area contributed by atoms with Crippen LogP contribution < -0.4 is 5.32 Å². The Balaban J connectivity index is 2.63. The van der Waals surface area contributed by atoms with Crippen LogP contribution in [0, 0.1) is 0 Å². The van der Waals surface area contributed by atoms with Crippen molar-refractivity contribution in [3.63, 3.8) is 0 Å². The number of hydrogen-bond acceptors (Lipinski definition) is 6. The summed E-state index contributed by atoms with van der Waals surface area (Å²) in [5, 5.41) is 3.03. The number of nitrogens with one attached hydrogen (secondary N) is 2. The largest absolute Gasteiger partial charge is 0.466 e. The fourth-order valence-electron chi connectivity index (χ4n) is 2.49. The molecule has 112 valence electrons. The van der Waals surface area contributed by atoms with Gasteiger partial charge < -0.3 is 19.8 Å². The number of allylic oxidation sites excluding steroid dienone is 2. The Morgan fingerprint density at radius 3 is 2.00 bits per heavy atom. The molecule has 2 N–H and O–H groups in total. The lowest BCUT2D eigenvalue weighted by molar-refractivity contribution is -0.137. The minimum absolute atomic E-state index is 0.354. The average Bonchev–Trinajstić information content (AvgIpc) is 2.99. The first-order chi connectivity index (χ1) is 10.0. The molecule has 0 bridgehead atoms. The van der Waals surface area contributed by atoms with Crippen LogP contribution in [0.15, 0.2) is 35.1 Å². The molecule has 0 amide bonds. The van der Waals surface area contributed by atoms with E-state index >= 15 is 0 Å². The summed E-state index contributed by atoms with van der Waals surface area (Å²) in [6, 6.07) is 0. The van der Waals surface area contributed by atoms with E-state index in [1.54, 1.807) is 20.0 Å². The van der Waals surface area contributed by atoms with Crippen LogP contribution in [-0.2, 0) is 19.1 Å². The van der Waals surface area contributed by atoms with Gasteiger partial charge in [0.15, 0.2) is 0 Å². The zero-order valence-corrected chi connectivity index (χ0v) is 12.3. The molecule has 0 saturated carbocycles. The third-order valence-corrected chi connectivity index (χ3v) is 3.40. The van der Waals surface area contributed by atoms with Crippen LogP contribution in [0.3, 0.4) is 0 Å². The number of rotatable bonds is 3. The second-order valence-electron chi connectivity index (χ2n) is 4.63. The first-order valence-electron chi connectivity index (χ1n) is 6.34. The van der Waals surface area contributed by atoms with E-state index in [1.807, 2.05) is 0 Å². The van der Waals surface area contributed by atoms with Gasteiger partial charge in [0.1, 0.15) is 0 Å². The maximum Gasteiger partial charge on any atom is 0.336 e. The zero-order valence-electron chi connectivity index (χ0n) is 12.3. The van der Waals surface area contributed by atoms with Crippen molar-refractivity contribution in [2.45, 2.75) is 19.8 Å². The molecule has 0 saturated heterocycles. The number of carbonyl (C=O) groups excluding carboxylic acids is 2. The summed E-state index contributed by atoms with van der Waals surface area (Å²) < 4.78 is 9.68. The Morgan fingerprint density at radius 1 is 1.10 bits per heavy atom. The molecule has 21 heavy (non-hydrogen) atoms. The molecule has 0 atom stereocenters. The number of esters is 2. The predicted molar refractivity (Wildman–Crippen MR) is 73.9 cm³/mol. The van der Waals surface area contributed by atoms with Crippen molar-refractivity contribution in [3.05, 3.63) is 40.8 Å². The van der Waals surface area contributed by atoms with E-state index in [1.165, 1.54) is 20.5 Å². The van der Waals surface area contributed by atoms with Crippen molar-refractivity contribution in [1.29, 1.82) is 0 Å². The number of aromatic nitrogens is 2. The number of carbonyl (C=O) groups is 2. The lowest BCUT2D eigenvalue weighted by Gasteiger charge is -2.28. The van der Waals surface area contributed by atoms with Crippen LogP contribution in [0.4, 0.5) is 0 Å². The molecule has 1 aromatic heterocycles. The number of imidazole rings is 1. The van der Waals surface area contributed by atoms with Crippen molar-refractivity contribution in [1.82, 2.24) is 15.3 Å². The highest BCUT2D eigenvalue weighted by molar-refractivity contribution is 5.99. The summed E-state index contributed by atoms with van der Waals surface area (Å²) in [5.74, 6) is -1.62. The van der Waals surface area contributed by atoms with E-state index in [0.29, 0.717) is 28.2 Å². The van der Waals surface area contributed by atoms with Gasteiger partial charge in [0.05, 0.1) is 37.6 Å². The normalized spacial score (nSPS) is 15.8. The molecule has 1 aliphatic rings. The molecular formula is C14H17N3O4. The quantitative estimate of drug-likeness (QED) is 0.807. The topological polar surface area (TPSA) is 93.3 Å². The Kier molecular flexibility index (Phi) is 4.11. The third kappa shape index (κ3) is 2.54. The number of dihydropyridines is 1. The molecular weight excluding hydrogens is 274 g/mol. The first kappa shape index (κ1) is 14.8. The van der Waals surface area contributed by atoms with Crippen LogP contribution in [0.25, 0.3) is 0 Å². The van der Waals surface area contributed by atoms with E-state index in [9.17, 15) is 9.59 Å². The van der Waals surface area contributed by atoms with E-state index < -0.39 is 17.9 Å². The van der Waals surface area contributed by atoms with Crippen molar-refractivity contribution in [3.8, 4) is 0 Å². The average molecular weight is 291 g/mol. The molecule has 1 aromatic rings. The molecule has 0 aromatic carbocycles. The lowest BCUT2D eigenvalue weighted by Crippen LogP contribution is -2.32. The fraction of sp³-hybridized carbons (Fsp3) is 0.357. The van der Waals surface area contributed by atoms with E-state index in [0.717, 1.165) is 0 Å². The van der Waals surface area contributed by atoms with Gasteiger partial charge in [0, 0.05) is 23.3 Å². The molecule has 7 nitrogen and oxygen atoms in total. The van der Waals surface area contributed by atoms with Crippen molar-refractivity contribution in [2.75, 3.05) is 14.2 Å². The standard InChI is InChI=1S/C14H17N3O4/c1-7-10(13(18)20-3)12(9-5-15-6-16-9)11(8(2)17-7)14(19)21-4/h5-6,12,17H,1-4H3,(H,15,16). The molecule has 0 unspecified atom stereocenters. The zero-order chi connectivity index (χ0) is 15.6. The number of nitrogens with zero attached hydrogens (tertiary/aromatic N) is 1. The number of ether oxygens (including phenoxy) is 2. The van der Waals surface area contributed by atoms with Gasteiger partial charge in [-0.05, 0) is 13.8 Å². The molecule has 2 rings (SSSR count). The monoisotopic (exact) mass is 291 g/mol. The van der Waals surface area contributed by atoms with E-state index in [-0.39, 0.29) is 0 Å². The van der Waals surface area contributed by atoms with Crippen molar-refractivity contribution in [2.24, 2.45) is 0 Å². The minimum Gasteiger partial charge on any atom is -0.466 e. The molecule has 0 fully saturated rings. The summed E-state index contributed by atoms with van der Waals surface area (Å²) in [4.78, 5) is 31.1. The molecule has 0 spiro atoms. The van der Waals surface area contributed by atoms with E-state index in [4.69, 9.17) is 9.47 Å². The maximum atomic E-state index is 12.1. The van der Waals surface area contributed by atoms with Gasteiger partial charge in [-0.15, -0.1) is 0 Å². The fourth-order valence-corrected chi connectivity index (χ4v) is 2.49. The van der Waals surface area contributed by atoms with Crippen LogP contribution in [0.1, 0.15) is 25.5 Å². The van der Waals surface area contributed by atoms with Gasteiger partial charge in [-0.3, -0.25) is 0 Å². The molecule has 7 heteroatoms. The maximum absolute atomic E-state index is 12.1. The van der Waals surface area contributed by atoms with Crippen LogP contribution in [-0.4, -0.2) is 36.1 Å².